The van der Waals surface area contributed by atoms with Crippen molar-refractivity contribution in [1.82, 2.24) is 0 Å². The molecule has 0 unspecified atom stereocenters. The van der Waals surface area contributed by atoms with Gasteiger partial charge in [0.1, 0.15) is 0 Å². The summed E-state index contributed by atoms with van der Waals surface area (Å²) in [5, 5.41) is 0. The highest BCUT2D eigenvalue weighted by molar-refractivity contribution is 7.92. The number of benzene rings is 1. The SMILES string of the molecule is CCS(=O)(=O)Nc1cc(C)ccc1CN. The van der Waals surface area contributed by atoms with Crippen LogP contribution in [0.15, 0.2) is 18.2 Å². The van der Waals surface area contributed by atoms with Gasteiger partial charge in [0.15, 0.2) is 0 Å². The van der Waals surface area contributed by atoms with E-state index in [-0.39, 0.29) is 5.75 Å². The lowest BCUT2D eigenvalue weighted by Crippen LogP contribution is -2.16. The monoisotopic (exact) mass is 228 g/mol. The second-order valence-electron chi connectivity index (χ2n) is 3.37. The van der Waals surface area contributed by atoms with E-state index in [1.807, 2.05) is 19.1 Å². The molecule has 0 saturated heterocycles. The molecule has 4 nitrogen and oxygen atoms in total. The molecule has 1 rings (SSSR count). The standard InChI is InChI=1S/C10H16N2O2S/c1-3-15(13,14)12-10-6-8(2)4-5-9(10)7-11/h4-6,12H,3,7,11H2,1-2H3. The number of anilines is 1. The van der Waals surface area contributed by atoms with Crippen molar-refractivity contribution >= 4 is 15.7 Å². The Morgan fingerprint density at radius 2 is 2.07 bits per heavy atom. The van der Waals surface area contributed by atoms with Crippen LogP contribution in [0, 0.1) is 6.92 Å². The Balaban J connectivity index is 3.08. The molecule has 1 aromatic rings. The summed E-state index contributed by atoms with van der Waals surface area (Å²) in [7, 11) is -3.23. The molecule has 0 radical (unpaired) electrons. The van der Waals surface area contributed by atoms with Crippen molar-refractivity contribution in [3.63, 3.8) is 0 Å². The third kappa shape index (κ3) is 3.21. The lowest BCUT2D eigenvalue weighted by Gasteiger charge is -2.11. The zero-order valence-corrected chi connectivity index (χ0v) is 9.76. The molecule has 1 aromatic carbocycles. The van der Waals surface area contributed by atoms with E-state index in [1.165, 1.54) is 0 Å². The van der Waals surface area contributed by atoms with Gasteiger partial charge in [-0.15, -0.1) is 0 Å². The molecule has 0 amide bonds. The third-order valence-electron chi connectivity index (χ3n) is 2.13. The van der Waals surface area contributed by atoms with Gasteiger partial charge in [-0.1, -0.05) is 12.1 Å². The van der Waals surface area contributed by atoms with E-state index in [0.717, 1.165) is 11.1 Å². The van der Waals surface area contributed by atoms with Crippen LogP contribution in [0.4, 0.5) is 5.69 Å². The van der Waals surface area contributed by atoms with Crippen LogP contribution >= 0.6 is 0 Å². The van der Waals surface area contributed by atoms with Crippen LogP contribution in [-0.4, -0.2) is 14.2 Å². The maximum atomic E-state index is 11.4. The average molecular weight is 228 g/mol. The van der Waals surface area contributed by atoms with Crippen molar-refractivity contribution in [2.45, 2.75) is 20.4 Å². The molecule has 0 heterocycles. The summed E-state index contributed by atoms with van der Waals surface area (Å²) in [4.78, 5) is 0. The molecule has 0 bridgehead atoms. The molecule has 0 atom stereocenters. The molecule has 15 heavy (non-hydrogen) atoms. The lowest BCUT2D eigenvalue weighted by atomic mass is 10.1. The Labute approximate surface area is 90.5 Å². The average Bonchev–Trinajstić information content (AvgIpc) is 2.18. The molecule has 0 saturated carbocycles. The molecule has 3 N–H and O–H groups in total. The Bertz CT molecular complexity index is 441. The Hall–Kier alpha value is -1.07. The molecule has 0 spiro atoms. The topological polar surface area (TPSA) is 72.2 Å². The van der Waals surface area contributed by atoms with E-state index in [1.54, 1.807) is 13.0 Å². The van der Waals surface area contributed by atoms with Gasteiger partial charge in [0.25, 0.3) is 0 Å². The zero-order valence-electron chi connectivity index (χ0n) is 8.95. The van der Waals surface area contributed by atoms with Crippen molar-refractivity contribution in [3.8, 4) is 0 Å². The predicted octanol–water partition coefficient (Wildman–Crippen LogP) is 1.22. The highest BCUT2D eigenvalue weighted by Gasteiger charge is 2.09. The van der Waals surface area contributed by atoms with E-state index in [0.29, 0.717) is 12.2 Å². The zero-order chi connectivity index (χ0) is 11.5. The molecule has 0 aliphatic rings. The first kappa shape index (κ1) is 12.0. The Kier molecular flexibility index (Phi) is 3.71. The number of hydrogen-bond donors (Lipinski definition) is 2. The molecule has 0 fully saturated rings. The Morgan fingerprint density at radius 3 is 2.60 bits per heavy atom. The van der Waals surface area contributed by atoms with Gasteiger partial charge >= 0.3 is 0 Å². The van der Waals surface area contributed by atoms with Crippen LogP contribution in [0.1, 0.15) is 18.1 Å². The van der Waals surface area contributed by atoms with E-state index >= 15 is 0 Å². The van der Waals surface area contributed by atoms with E-state index in [4.69, 9.17) is 5.73 Å². The van der Waals surface area contributed by atoms with Crippen LogP contribution < -0.4 is 10.5 Å². The highest BCUT2D eigenvalue weighted by atomic mass is 32.2. The van der Waals surface area contributed by atoms with Gasteiger partial charge in [0, 0.05) is 6.54 Å². The fraction of sp³-hybridized carbons (Fsp3) is 0.400. The summed E-state index contributed by atoms with van der Waals surface area (Å²) in [6.07, 6.45) is 0. The van der Waals surface area contributed by atoms with E-state index < -0.39 is 10.0 Å². The first-order valence-corrected chi connectivity index (χ1v) is 6.44. The number of nitrogens with two attached hydrogens (primary N) is 1. The number of sulfonamides is 1. The largest absolute Gasteiger partial charge is 0.326 e. The van der Waals surface area contributed by atoms with Crippen LogP contribution in [0.25, 0.3) is 0 Å². The van der Waals surface area contributed by atoms with Crippen LogP contribution in [0.5, 0.6) is 0 Å². The molecule has 5 heteroatoms. The summed E-state index contributed by atoms with van der Waals surface area (Å²) >= 11 is 0. The summed E-state index contributed by atoms with van der Waals surface area (Å²) in [5.41, 5.74) is 7.91. The Morgan fingerprint density at radius 1 is 1.40 bits per heavy atom. The maximum absolute atomic E-state index is 11.4. The fourth-order valence-corrected chi connectivity index (χ4v) is 1.87. The van der Waals surface area contributed by atoms with Gasteiger partial charge in [0.05, 0.1) is 11.4 Å². The minimum absolute atomic E-state index is 0.0605. The molecular weight excluding hydrogens is 212 g/mol. The third-order valence-corrected chi connectivity index (χ3v) is 3.42. The fourth-order valence-electron chi connectivity index (χ4n) is 1.20. The van der Waals surface area contributed by atoms with E-state index in [2.05, 4.69) is 4.72 Å². The number of nitrogens with one attached hydrogen (secondary N) is 1. The second-order valence-corrected chi connectivity index (χ2v) is 5.38. The normalized spacial score (nSPS) is 11.4. The highest BCUT2D eigenvalue weighted by Crippen LogP contribution is 2.18. The summed E-state index contributed by atoms with van der Waals surface area (Å²) in [6, 6.07) is 5.53. The van der Waals surface area contributed by atoms with Crippen molar-refractivity contribution in [2.75, 3.05) is 10.5 Å². The van der Waals surface area contributed by atoms with Crippen molar-refractivity contribution < 1.29 is 8.42 Å². The van der Waals surface area contributed by atoms with E-state index in [9.17, 15) is 8.42 Å². The van der Waals surface area contributed by atoms with Crippen molar-refractivity contribution in [1.29, 1.82) is 0 Å². The molecule has 0 aliphatic carbocycles. The minimum Gasteiger partial charge on any atom is -0.326 e. The first-order chi connectivity index (χ1) is 6.98. The number of aryl methyl sites for hydroxylation is 1. The lowest BCUT2D eigenvalue weighted by molar-refractivity contribution is 0.602. The first-order valence-electron chi connectivity index (χ1n) is 4.78. The van der Waals surface area contributed by atoms with Gasteiger partial charge in [-0.25, -0.2) is 8.42 Å². The second kappa shape index (κ2) is 4.63. The van der Waals surface area contributed by atoms with Gasteiger partial charge in [-0.2, -0.15) is 0 Å². The van der Waals surface area contributed by atoms with Gasteiger partial charge in [0.2, 0.25) is 10.0 Å². The van der Waals surface area contributed by atoms with Crippen molar-refractivity contribution in [3.05, 3.63) is 29.3 Å². The number of rotatable bonds is 4. The molecule has 84 valence electrons. The molecule has 0 aromatic heterocycles. The van der Waals surface area contributed by atoms with Gasteiger partial charge < -0.3 is 5.73 Å². The summed E-state index contributed by atoms with van der Waals surface area (Å²) < 4.78 is 25.3. The number of hydrogen-bond acceptors (Lipinski definition) is 3. The predicted molar refractivity (Wildman–Crippen MR) is 62.2 cm³/mol. The van der Waals surface area contributed by atoms with Crippen LogP contribution in [0.2, 0.25) is 0 Å². The maximum Gasteiger partial charge on any atom is 0.232 e. The molecular formula is C10H16N2O2S. The van der Waals surface area contributed by atoms with Crippen molar-refractivity contribution in [2.24, 2.45) is 5.73 Å². The smallest absolute Gasteiger partial charge is 0.232 e. The van der Waals surface area contributed by atoms with Crippen LogP contribution in [-0.2, 0) is 16.6 Å². The quantitative estimate of drug-likeness (QED) is 0.813. The molecule has 0 aliphatic heterocycles. The van der Waals surface area contributed by atoms with Crippen LogP contribution in [0.3, 0.4) is 0 Å². The minimum atomic E-state index is -3.23. The van der Waals surface area contributed by atoms with Gasteiger partial charge in [-0.05, 0) is 31.0 Å². The van der Waals surface area contributed by atoms with Gasteiger partial charge in [-0.3, -0.25) is 4.72 Å². The summed E-state index contributed by atoms with van der Waals surface area (Å²) in [5.74, 6) is 0.0605. The summed E-state index contributed by atoms with van der Waals surface area (Å²) in [6.45, 7) is 3.83.